The van der Waals surface area contributed by atoms with Crippen molar-refractivity contribution in [3.05, 3.63) is 29.3 Å². The number of rotatable bonds is 4. The van der Waals surface area contributed by atoms with Crippen molar-refractivity contribution in [3.8, 4) is 5.75 Å². The lowest BCUT2D eigenvalue weighted by atomic mass is 9.93. The molecule has 6 heteroatoms. The molecule has 1 aromatic rings. The van der Waals surface area contributed by atoms with Crippen molar-refractivity contribution in [1.82, 2.24) is 0 Å². The van der Waals surface area contributed by atoms with Crippen LogP contribution in [0.4, 0.5) is 13.2 Å². The highest BCUT2D eigenvalue weighted by Crippen LogP contribution is 2.34. The van der Waals surface area contributed by atoms with Crippen LogP contribution in [0.15, 0.2) is 18.2 Å². The van der Waals surface area contributed by atoms with E-state index >= 15 is 0 Å². The predicted molar refractivity (Wildman–Crippen MR) is 68.0 cm³/mol. The maximum atomic E-state index is 12.6. The molecule has 1 rings (SSSR count). The third-order valence-electron chi connectivity index (χ3n) is 2.65. The molecule has 112 valence electrons. The lowest BCUT2D eigenvalue weighted by molar-refractivity contribution is -0.138. The first-order valence-corrected chi connectivity index (χ1v) is 6.08. The monoisotopic (exact) mass is 290 g/mol. The average molecular weight is 290 g/mol. The van der Waals surface area contributed by atoms with E-state index in [0.29, 0.717) is 13.0 Å². The molecule has 0 bridgehead atoms. The number of benzene rings is 1. The summed E-state index contributed by atoms with van der Waals surface area (Å²) < 4.78 is 43.2. The van der Waals surface area contributed by atoms with Gasteiger partial charge in [-0.15, -0.1) is 0 Å². The van der Waals surface area contributed by atoms with Crippen LogP contribution in [0, 0.1) is 5.41 Å². The molecule has 0 saturated carbocycles. The third kappa shape index (κ3) is 4.75. The van der Waals surface area contributed by atoms with Crippen molar-refractivity contribution in [1.29, 1.82) is 0 Å². The van der Waals surface area contributed by atoms with E-state index in [0.717, 1.165) is 18.2 Å². The van der Waals surface area contributed by atoms with Crippen molar-refractivity contribution >= 4 is 5.97 Å². The van der Waals surface area contributed by atoms with Crippen LogP contribution >= 0.6 is 0 Å². The van der Waals surface area contributed by atoms with E-state index < -0.39 is 23.3 Å². The van der Waals surface area contributed by atoms with Crippen molar-refractivity contribution in [3.63, 3.8) is 0 Å². The fraction of sp³-hybridized carbons (Fsp3) is 0.500. The number of aromatic carboxylic acids is 1. The summed E-state index contributed by atoms with van der Waals surface area (Å²) in [4.78, 5) is 10.9. The van der Waals surface area contributed by atoms with Gasteiger partial charge in [0, 0.05) is 0 Å². The quantitative estimate of drug-likeness (QED) is 0.903. The molecule has 0 saturated heterocycles. The number of carboxylic acids is 1. The van der Waals surface area contributed by atoms with Gasteiger partial charge in [-0.1, -0.05) is 20.8 Å². The van der Waals surface area contributed by atoms with Gasteiger partial charge in [-0.05, 0) is 30.0 Å². The van der Waals surface area contributed by atoms with Crippen molar-refractivity contribution in [2.24, 2.45) is 5.41 Å². The summed E-state index contributed by atoms with van der Waals surface area (Å²) in [6, 6.07) is 2.78. The van der Waals surface area contributed by atoms with Crippen LogP contribution in [0.25, 0.3) is 0 Å². The molecule has 0 amide bonds. The number of ether oxygens (including phenoxy) is 1. The van der Waals surface area contributed by atoms with E-state index in [2.05, 4.69) is 0 Å². The van der Waals surface area contributed by atoms with E-state index in [-0.39, 0.29) is 11.2 Å². The Bertz CT molecular complexity index is 487. The normalized spacial score (nSPS) is 12.3. The maximum absolute atomic E-state index is 12.6. The van der Waals surface area contributed by atoms with Crippen molar-refractivity contribution in [2.45, 2.75) is 33.4 Å². The van der Waals surface area contributed by atoms with Gasteiger partial charge in [0.25, 0.3) is 0 Å². The molecule has 1 aromatic carbocycles. The molecule has 20 heavy (non-hydrogen) atoms. The maximum Gasteiger partial charge on any atom is 0.417 e. The molecule has 0 heterocycles. The molecule has 0 aliphatic rings. The Morgan fingerprint density at radius 1 is 1.25 bits per heavy atom. The minimum absolute atomic E-state index is 0.0293. The van der Waals surface area contributed by atoms with Gasteiger partial charge in [0.1, 0.15) is 5.75 Å². The summed E-state index contributed by atoms with van der Waals surface area (Å²) in [5.74, 6) is -1.50. The lowest BCUT2D eigenvalue weighted by Gasteiger charge is -2.18. The highest BCUT2D eigenvalue weighted by atomic mass is 19.4. The van der Waals surface area contributed by atoms with Gasteiger partial charge in [0.2, 0.25) is 0 Å². The predicted octanol–water partition coefficient (Wildman–Crippen LogP) is 4.22. The number of carbonyl (C=O) groups is 1. The van der Waals surface area contributed by atoms with Crippen molar-refractivity contribution in [2.75, 3.05) is 6.61 Å². The molecular weight excluding hydrogens is 273 g/mol. The zero-order chi connectivity index (χ0) is 15.6. The fourth-order valence-electron chi connectivity index (χ4n) is 1.51. The number of alkyl halides is 3. The van der Waals surface area contributed by atoms with Crippen molar-refractivity contribution < 1.29 is 27.8 Å². The van der Waals surface area contributed by atoms with E-state index in [1.807, 2.05) is 20.8 Å². The summed E-state index contributed by atoms with van der Waals surface area (Å²) in [6.07, 6.45) is -3.99. The standard InChI is InChI=1S/C14H17F3O3/c1-13(2,3)6-7-20-9-4-5-11(14(15,16)17)10(8-9)12(18)19/h4-5,8H,6-7H2,1-3H3,(H,18,19). The van der Waals surface area contributed by atoms with Crippen LogP contribution in [0.1, 0.15) is 43.1 Å². The first kappa shape index (κ1) is 16.3. The summed E-state index contributed by atoms with van der Waals surface area (Å²) in [7, 11) is 0. The molecule has 0 spiro atoms. The largest absolute Gasteiger partial charge is 0.494 e. The van der Waals surface area contributed by atoms with Crippen LogP contribution in [-0.4, -0.2) is 17.7 Å². The second-order valence-electron chi connectivity index (χ2n) is 5.67. The van der Waals surface area contributed by atoms with Gasteiger partial charge in [-0.3, -0.25) is 0 Å². The highest BCUT2D eigenvalue weighted by molar-refractivity contribution is 5.90. The minimum Gasteiger partial charge on any atom is -0.494 e. The first-order chi connectivity index (χ1) is 9.00. The molecule has 0 aliphatic heterocycles. The Balaban J connectivity index is 2.92. The van der Waals surface area contributed by atoms with Gasteiger partial charge in [-0.25, -0.2) is 4.79 Å². The third-order valence-corrected chi connectivity index (χ3v) is 2.65. The Kier molecular flexibility index (Phi) is 4.68. The van der Waals surface area contributed by atoms with Crippen LogP contribution in [0.2, 0.25) is 0 Å². The number of hydrogen-bond acceptors (Lipinski definition) is 2. The highest BCUT2D eigenvalue weighted by Gasteiger charge is 2.35. The van der Waals surface area contributed by atoms with E-state index in [9.17, 15) is 18.0 Å². The molecule has 0 aromatic heterocycles. The Hall–Kier alpha value is -1.72. The van der Waals surface area contributed by atoms with E-state index in [4.69, 9.17) is 9.84 Å². The zero-order valence-corrected chi connectivity index (χ0v) is 11.5. The number of hydrogen-bond donors (Lipinski definition) is 1. The average Bonchev–Trinajstić information content (AvgIpc) is 2.25. The number of carboxylic acid groups (broad SMARTS) is 1. The SMILES string of the molecule is CC(C)(C)CCOc1ccc(C(F)(F)F)c(C(=O)O)c1. The second kappa shape index (κ2) is 5.73. The minimum atomic E-state index is -4.70. The Labute approximate surface area is 115 Å². The van der Waals surface area contributed by atoms with Gasteiger partial charge in [-0.2, -0.15) is 13.2 Å². The molecule has 0 radical (unpaired) electrons. The van der Waals surface area contributed by atoms with Crippen LogP contribution in [0.3, 0.4) is 0 Å². The number of halogens is 3. The van der Waals surface area contributed by atoms with Crippen LogP contribution in [0.5, 0.6) is 5.75 Å². The molecule has 0 atom stereocenters. The van der Waals surface area contributed by atoms with Crippen LogP contribution < -0.4 is 4.74 Å². The molecule has 1 N–H and O–H groups in total. The summed E-state index contributed by atoms with van der Waals surface area (Å²) >= 11 is 0. The van der Waals surface area contributed by atoms with Gasteiger partial charge < -0.3 is 9.84 Å². The molecule has 0 aliphatic carbocycles. The summed E-state index contributed by atoms with van der Waals surface area (Å²) in [6.45, 7) is 6.33. The zero-order valence-electron chi connectivity index (χ0n) is 11.5. The fourth-order valence-corrected chi connectivity index (χ4v) is 1.51. The summed E-state index contributed by atoms with van der Waals surface area (Å²) in [5, 5.41) is 8.85. The smallest absolute Gasteiger partial charge is 0.417 e. The summed E-state index contributed by atoms with van der Waals surface area (Å²) in [5.41, 5.74) is -1.94. The van der Waals surface area contributed by atoms with Gasteiger partial charge in [0.05, 0.1) is 17.7 Å². The van der Waals surface area contributed by atoms with E-state index in [1.54, 1.807) is 0 Å². The molecule has 0 fully saturated rings. The Morgan fingerprint density at radius 2 is 1.85 bits per heavy atom. The Morgan fingerprint density at radius 3 is 2.30 bits per heavy atom. The van der Waals surface area contributed by atoms with E-state index in [1.165, 1.54) is 0 Å². The lowest BCUT2D eigenvalue weighted by Crippen LogP contribution is -2.14. The second-order valence-corrected chi connectivity index (χ2v) is 5.67. The topological polar surface area (TPSA) is 46.5 Å². The molecule has 0 unspecified atom stereocenters. The first-order valence-electron chi connectivity index (χ1n) is 6.08. The molecule has 3 nitrogen and oxygen atoms in total. The molecular formula is C14H17F3O3. The van der Waals surface area contributed by atoms with Gasteiger partial charge >= 0.3 is 12.1 Å². The van der Waals surface area contributed by atoms with Gasteiger partial charge in [0.15, 0.2) is 0 Å². The van der Waals surface area contributed by atoms with Crippen LogP contribution in [-0.2, 0) is 6.18 Å².